The molecule has 1 unspecified atom stereocenters. The minimum Gasteiger partial charge on any atom is -0.475 e. The Hall–Kier alpha value is -1.29. The number of aromatic nitrogens is 1. The van der Waals surface area contributed by atoms with E-state index in [1.54, 1.807) is 6.20 Å². The molecule has 0 radical (unpaired) electrons. The van der Waals surface area contributed by atoms with E-state index in [-0.39, 0.29) is 0 Å². The van der Waals surface area contributed by atoms with Gasteiger partial charge in [-0.15, -0.1) is 0 Å². The predicted molar refractivity (Wildman–Crippen MR) is 69.2 cm³/mol. The largest absolute Gasteiger partial charge is 0.475 e. The van der Waals surface area contributed by atoms with Crippen LogP contribution in [0.15, 0.2) is 12.3 Å². The van der Waals surface area contributed by atoms with Gasteiger partial charge in [-0.1, -0.05) is 6.42 Å². The third kappa shape index (κ3) is 2.88. The van der Waals surface area contributed by atoms with Crippen molar-refractivity contribution in [2.75, 3.05) is 25.9 Å². The Kier molecular flexibility index (Phi) is 3.84. The summed E-state index contributed by atoms with van der Waals surface area (Å²) in [5, 5.41) is 0. The van der Waals surface area contributed by atoms with Crippen molar-refractivity contribution in [3.8, 4) is 5.88 Å². The number of nitrogens with two attached hydrogens (primary N) is 1. The molecule has 1 fully saturated rings. The zero-order chi connectivity index (χ0) is 12.3. The van der Waals surface area contributed by atoms with Crippen LogP contribution in [-0.2, 0) is 0 Å². The summed E-state index contributed by atoms with van der Waals surface area (Å²) in [6.45, 7) is 3.80. The fourth-order valence-corrected chi connectivity index (χ4v) is 2.19. The molecule has 94 valence electrons. The van der Waals surface area contributed by atoms with Gasteiger partial charge in [0, 0.05) is 12.2 Å². The van der Waals surface area contributed by atoms with E-state index < -0.39 is 0 Å². The quantitative estimate of drug-likeness (QED) is 0.868. The molecule has 1 aromatic rings. The second-order valence-electron chi connectivity index (χ2n) is 4.79. The van der Waals surface area contributed by atoms with E-state index >= 15 is 0 Å². The molecule has 0 spiro atoms. The summed E-state index contributed by atoms with van der Waals surface area (Å²) in [5.74, 6) is 0.573. The first-order valence-corrected chi connectivity index (χ1v) is 6.22. The highest BCUT2D eigenvalue weighted by Crippen LogP contribution is 2.22. The molecule has 1 aliphatic heterocycles. The van der Waals surface area contributed by atoms with E-state index in [1.807, 2.05) is 13.0 Å². The van der Waals surface area contributed by atoms with Crippen LogP contribution < -0.4 is 10.5 Å². The Bertz CT molecular complexity index is 381. The van der Waals surface area contributed by atoms with Gasteiger partial charge in [0.05, 0.1) is 5.69 Å². The fourth-order valence-electron chi connectivity index (χ4n) is 2.19. The lowest BCUT2D eigenvalue weighted by molar-refractivity contribution is 0.123. The third-order valence-corrected chi connectivity index (χ3v) is 3.51. The molecule has 0 aliphatic carbocycles. The first-order chi connectivity index (χ1) is 8.18. The van der Waals surface area contributed by atoms with Crippen LogP contribution >= 0.6 is 0 Å². The molecule has 0 amide bonds. The lowest BCUT2D eigenvalue weighted by Gasteiger charge is -2.32. The molecule has 2 rings (SSSR count). The van der Waals surface area contributed by atoms with Crippen molar-refractivity contribution < 1.29 is 4.74 Å². The first-order valence-electron chi connectivity index (χ1n) is 6.22. The van der Waals surface area contributed by atoms with Gasteiger partial charge in [0.1, 0.15) is 6.61 Å². The van der Waals surface area contributed by atoms with Crippen LogP contribution in [0.3, 0.4) is 0 Å². The number of likely N-dealkylation sites (tertiary alicyclic amines) is 1. The van der Waals surface area contributed by atoms with Crippen molar-refractivity contribution in [2.24, 2.45) is 0 Å². The number of hydrogen-bond acceptors (Lipinski definition) is 4. The summed E-state index contributed by atoms with van der Waals surface area (Å²) >= 11 is 0. The topological polar surface area (TPSA) is 51.4 Å². The highest BCUT2D eigenvalue weighted by molar-refractivity contribution is 5.53. The van der Waals surface area contributed by atoms with Gasteiger partial charge in [0.15, 0.2) is 0 Å². The van der Waals surface area contributed by atoms with Gasteiger partial charge in [0.25, 0.3) is 0 Å². The molecule has 1 aromatic heterocycles. The van der Waals surface area contributed by atoms with Crippen LogP contribution in [0.25, 0.3) is 0 Å². The number of hydrogen-bond donors (Lipinski definition) is 1. The molecule has 17 heavy (non-hydrogen) atoms. The zero-order valence-electron chi connectivity index (χ0n) is 10.6. The molecule has 0 aromatic carbocycles. The van der Waals surface area contributed by atoms with Crippen LogP contribution in [0, 0.1) is 6.92 Å². The van der Waals surface area contributed by atoms with Gasteiger partial charge in [-0.3, -0.25) is 0 Å². The average molecular weight is 235 g/mol. The molecular formula is C13H21N3O. The molecule has 2 N–H and O–H groups in total. The maximum atomic E-state index is 5.93. The standard InChI is InChI=1S/C13H21N3O/c1-10-6-7-15-13(12(10)14)17-9-11-5-3-4-8-16(11)2/h6-7,11H,3-5,8-9,14H2,1-2H3. The maximum Gasteiger partial charge on any atom is 0.237 e. The van der Waals surface area contributed by atoms with Crippen molar-refractivity contribution in [1.82, 2.24) is 9.88 Å². The van der Waals surface area contributed by atoms with Gasteiger partial charge in [-0.25, -0.2) is 4.98 Å². The second-order valence-corrected chi connectivity index (χ2v) is 4.79. The molecule has 4 heteroatoms. The van der Waals surface area contributed by atoms with Crippen molar-refractivity contribution in [1.29, 1.82) is 0 Å². The SMILES string of the molecule is Cc1ccnc(OCC2CCCCN2C)c1N. The number of rotatable bonds is 3. The molecular weight excluding hydrogens is 214 g/mol. The summed E-state index contributed by atoms with van der Waals surface area (Å²) < 4.78 is 5.75. The summed E-state index contributed by atoms with van der Waals surface area (Å²) in [7, 11) is 2.15. The molecule has 2 heterocycles. The normalized spacial score (nSPS) is 21.4. The third-order valence-electron chi connectivity index (χ3n) is 3.51. The van der Waals surface area contributed by atoms with Crippen LogP contribution in [0.4, 0.5) is 5.69 Å². The minimum atomic E-state index is 0.491. The van der Waals surface area contributed by atoms with Gasteiger partial charge in [-0.2, -0.15) is 0 Å². The summed E-state index contributed by atoms with van der Waals surface area (Å²) in [5.41, 5.74) is 7.61. The number of anilines is 1. The van der Waals surface area contributed by atoms with Gasteiger partial charge in [0.2, 0.25) is 5.88 Å². The van der Waals surface area contributed by atoms with E-state index in [2.05, 4.69) is 16.9 Å². The van der Waals surface area contributed by atoms with E-state index in [0.29, 0.717) is 24.2 Å². The summed E-state index contributed by atoms with van der Waals surface area (Å²) in [4.78, 5) is 6.54. The first kappa shape index (κ1) is 12.2. The van der Waals surface area contributed by atoms with Crippen LogP contribution in [-0.4, -0.2) is 36.1 Å². The maximum absolute atomic E-state index is 5.93. The number of pyridine rings is 1. The van der Waals surface area contributed by atoms with Crippen molar-refractivity contribution >= 4 is 5.69 Å². The van der Waals surface area contributed by atoms with Crippen LogP contribution in [0.1, 0.15) is 24.8 Å². The molecule has 1 saturated heterocycles. The minimum absolute atomic E-state index is 0.491. The number of ether oxygens (including phenoxy) is 1. The van der Waals surface area contributed by atoms with Crippen molar-refractivity contribution in [2.45, 2.75) is 32.2 Å². The highest BCUT2D eigenvalue weighted by atomic mass is 16.5. The average Bonchev–Trinajstić information content (AvgIpc) is 2.33. The molecule has 1 aliphatic rings. The summed E-state index contributed by atoms with van der Waals surface area (Å²) in [6.07, 6.45) is 5.51. The Labute approximate surface area is 103 Å². The van der Waals surface area contributed by atoms with Crippen LogP contribution in [0.2, 0.25) is 0 Å². The smallest absolute Gasteiger partial charge is 0.237 e. The van der Waals surface area contributed by atoms with E-state index in [9.17, 15) is 0 Å². The van der Waals surface area contributed by atoms with Gasteiger partial charge in [-0.05, 0) is 45.0 Å². The second kappa shape index (κ2) is 5.36. The molecule has 4 nitrogen and oxygen atoms in total. The highest BCUT2D eigenvalue weighted by Gasteiger charge is 2.19. The number of nitrogen functional groups attached to an aromatic ring is 1. The fraction of sp³-hybridized carbons (Fsp3) is 0.615. The lowest BCUT2D eigenvalue weighted by atomic mass is 10.0. The number of aryl methyl sites for hydroxylation is 1. The van der Waals surface area contributed by atoms with Crippen molar-refractivity contribution in [3.63, 3.8) is 0 Å². The Morgan fingerprint density at radius 3 is 3.12 bits per heavy atom. The lowest BCUT2D eigenvalue weighted by Crippen LogP contribution is -2.40. The van der Waals surface area contributed by atoms with Crippen molar-refractivity contribution in [3.05, 3.63) is 17.8 Å². The van der Waals surface area contributed by atoms with Crippen LogP contribution in [0.5, 0.6) is 5.88 Å². The van der Waals surface area contributed by atoms with Gasteiger partial charge >= 0.3 is 0 Å². The number of nitrogens with zero attached hydrogens (tertiary/aromatic N) is 2. The predicted octanol–water partition coefficient (Wildman–Crippen LogP) is 1.84. The molecule has 0 saturated carbocycles. The van der Waals surface area contributed by atoms with E-state index in [4.69, 9.17) is 10.5 Å². The molecule has 0 bridgehead atoms. The summed E-state index contributed by atoms with van der Waals surface area (Å²) in [6, 6.07) is 2.39. The Balaban J connectivity index is 1.95. The van der Waals surface area contributed by atoms with E-state index in [0.717, 1.165) is 12.1 Å². The van der Waals surface area contributed by atoms with E-state index in [1.165, 1.54) is 19.3 Å². The number of likely N-dealkylation sites (N-methyl/N-ethyl adjacent to an activating group) is 1. The zero-order valence-corrected chi connectivity index (χ0v) is 10.6. The molecule has 1 atom stereocenters. The monoisotopic (exact) mass is 235 g/mol. The number of piperidine rings is 1. The Morgan fingerprint density at radius 1 is 1.53 bits per heavy atom. The van der Waals surface area contributed by atoms with Gasteiger partial charge < -0.3 is 15.4 Å². The Morgan fingerprint density at radius 2 is 2.35 bits per heavy atom.